The van der Waals surface area contributed by atoms with E-state index in [0.29, 0.717) is 0 Å². The second kappa shape index (κ2) is 4.29. The summed E-state index contributed by atoms with van der Waals surface area (Å²) in [4.78, 5) is 23.8. The van der Waals surface area contributed by atoms with Gasteiger partial charge in [-0.3, -0.25) is 9.59 Å². The molecule has 102 valence electrons. The summed E-state index contributed by atoms with van der Waals surface area (Å²) in [6.45, 7) is 3.04. The Morgan fingerprint density at radius 3 is 2.50 bits per heavy atom. The van der Waals surface area contributed by atoms with Crippen molar-refractivity contribution in [2.24, 2.45) is 11.3 Å². The zero-order valence-corrected chi connectivity index (χ0v) is 10.6. The molecule has 0 spiro atoms. The Bertz CT molecular complexity index is 381. The molecule has 18 heavy (non-hydrogen) atoms. The van der Waals surface area contributed by atoms with E-state index in [4.69, 9.17) is 9.47 Å². The van der Waals surface area contributed by atoms with Gasteiger partial charge in [-0.05, 0) is 6.92 Å². The summed E-state index contributed by atoms with van der Waals surface area (Å²) < 4.78 is 10.3. The van der Waals surface area contributed by atoms with Crippen molar-refractivity contribution in [2.45, 2.75) is 44.7 Å². The van der Waals surface area contributed by atoms with Gasteiger partial charge in [0.1, 0.15) is 11.5 Å². The molecule has 6 heteroatoms. The van der Waals surface area contributed by atoms with Gasteiger partial charge in [-0.15, -0.1) is 0 Å². The average molecular weight is 258 g/mol. The van der Waals surface area contributed by atoms with Crippen LogP contribution in [0.5, 0.6) is 0 Å². The molecule has 1 heterocycles. The summed E-state index contributed by atoms with van der Waals surface area (Å²) in [7, 11) is 1.20. The number of carbonyl (C=O) groups excluding carboxylic acids is 2. The molecule has 6 nitrogen and oxygen atoms in total. The third kappa shape index (κ3) is 1.46. The first-order chi connectivity index (χ1) is 8.37. The van der Waals surface area contributed by atoms with Crippen LogP contribution in [0, 0.1) is 11.3 Å². The number of carbonyl (C=O) groups is 2. The van der Waals surface area contributed by atoms with Crippen LogP contribution in [-0.2, 0) is 19.1 Å². The van der Waals surface area contributed by atoms with Crippen LogP contribution in [-0.4, -0.2) is 53.5 Å². The number of methoxy groups -OCH3 is 1. The predicted octanol–water partition coefficient (Wildman–Crippen LogP) is -0.736. The Hall–Kier alpha value is -0.980. The minimum absolute atomic E-state index is 0.213. The molecule has 2 fully saturated rings. The van der Waals surface area contributed by atoms with Gasteiger partial charge in [0.25, 0.3) is 0 Å². The molecule has 6 atom stereocenters. The number of hydrogen-bond donors (Lipinski definition) is 2. The molecule has 2 rings (SSSR count). The fourth-order valence-electron chi connectivity index (χ4n) is 3.34. The van der Waals surface area contributed by atoms with Crippen molar-refractivity contribution >= 4 is 11.8 Å². The van der Waals surface area contributed by atoms with Crippen LogP contribution in [0.1, 0.15) is 20.3 Å². The summed E-state index contributed by atoms with van der Waals surface area (Å²) in [6, 6.07) is 0. The largest absolute Gasteiger partial charge is 0.468 e. The second-order valence-corrected chi connectivity index (χ2v) is 5.13. The summed E-state index contributed by atoms with van der Waals surface area (Å²) in [5.74, 6) is -1.43. The van der Waals surface area contributed by atoms with E-state index in [-0.39, 0.29) is 18.1 Å². The molecule has 0 aromatic rings. The molecule has 0 amide bonds. The monoisotopic (exact) mass is 258 g/mol. The highest BCUT2D eigenvalue weighted by Crippen LogP contribution is 2.53. The van der Waals surface area contributed by atoms with Gasteiger partial charge < -0.3 is 19.7 Å². The SMILES string of the molecule is COC(=O)[C@]12[C@@H](C(C)=O)O[C@H](C[C@H](O)[C@@H]1O)[C@@H]2C. The van der Waals surface area contributed by atoms with E-state index >= 15 is 0 Å². The minimum Gasteiger partial charge on any atom is -0.468 e. The third-order valence-electron chi connectivity index (χ3n) is 4.29. The quantitative estimate of drug-likeness (QED) is 0.634. The van der Waals surface area contributed by atoms with E-state index in [1.54, 1.807) is 6.92 Å². The first-order valence-corrected chi connectivity index (χ1v) is 5.97. The van der Waals surface area contributed by atoms with Crippen molar-refractivity contribution in [2.75, 3.05) is 7.11 Å². The number of rotatable bonds is 2. The zero-order valence-electron chi connectivity index (χ0n) is 10.6. The Labute approximate surface area is 105 Å². The van der Waals surface area contributed by atoms with Crippen molar-refractivity contribution in [3.8, 4) is 0 Å². The topological polar surface area (TPSA) is 93.1 Å². The van der Waals surface area contributed by atoms with Crippen LogP contribution in [0.2, 0.25) is 0 Å². The smallest absolute Gasteiger partial charge is 0.318 e. The van der Waals surface area contributed by atoms with Crippen LogP contribution in [0.4, 0.5) is 0 Å². The fraction of sp³-hybridized carbons (Fsp3) is 0.833. The van der Waals surface area contributed by atoms with E-state index in [9.17, 15) is 19.8 Å². The molecule has 1 saturated carbocycles. The van der Waals surface area contributed by atoms with Crippen molar-refractivity contribution in [3.05, 3.63) is 0 Å². The first kappa shape index (κ1) is 13.5. The molecule has 0 aromatic carbocycles. The average Bonchev–Trinajstić information content (AvgIpc) is 2.55. The van der Waals surface area contributed by atoms with E-state index in [1.165, 1.54) is 14.0 Å². The highest BCUT2D eigenvalue weighted by molar-refractivity contribution is 5.91. The Balaban J connectivity index is 2.54. The van der Waals surface area contributed by atoms with E-state index < -0.39 is 35.8 Å². The van der Waals surface area contributed by atoms with E-state index in [1.807, 2.05) is 0 Å². The van der Waals surface area contributed by atoms with Gasteiger partial charge in [-0.2, -0.15) is 0 Å². The first-order valence-electron chi connectivity index (χ1n) is 5.97. The van der Waals surface area contributed by atoms with Gasteiger partial charge >= 0.3 is 5.97 Å². The maximum atomic E-state index is 12.1. The van der Waals surface area contributed by atoms with Crippen LogP contribution >= 0.6 is 0 Å². The molecular weight excluding hydrogens is 240 g/mol. The van der Waals surface area contributed by atoms with Crippen LogP contribution in [0.3, 0.4) is 0 Å². The maximum absolute atomic E-state index is 12.1. The number of fused-ring (bicyclic) bond motifs is 2. The highest BCUT2D eigenvalue weighted by atomic mass is 16.5. The number of esters is 1. The lowest BCUT2D eigenvalue weighted by Gasteiger charge is -2.42. The summed E-state index contributed by atoms with van der Waals surface area (Å²) >= 11 is 0. The molecule has 2 bridgehead atoms. The third-order valence-corrected chi connectivity index (χ3v) is 4.29. The number of aliphatic hydroxyl groups is 2. The molecule has 0 unspecified atom stereocenters. The van der Waals surface area contributed by atoms with Crippen LogP contribution in [0.25, 0.3) is 0 Å². The van der Waals surface area contributed by atoms with Crippen molar-refractivity contribution in [1.29, 1.82) is 0 Å². The van der Waals surface area contributed by atoms with Gasteiger partial charge in [-0.25, -0.2) is 0 Å². The molecule has 0 radical (unpaired) electrons. The van der Waals surface area contributed by atoms with Crippen molar-refractivity contribution in [1.82, 2.24) is 0 Å². The van der Waals surface area contributed by atoms with Gasteiger partial charge in [-0.1, -0.05) is 6.92 Å². The molecule has 2 aliphatic rings. The van der Waals surface area contributed by atoms with Crippen LogP contribution < -0.4 is 0 Å². The van der Waals surface area contributed by atoms with Gasteiger partial charge in [0, 0.05) is 12.3 Å². The van der Waals surface area contributed by atoms with Crippen LogP contribution in [0.15, 0.2) is 0 Å². The second-order valence-electron chi connectivity index (χ2n) is 5.13. The standard InChI is InChI=1S/C12H18O6/c1-5-8-4-7(14)9(15)12(5,11(16)17-3)10(18-8)6(2)13/h5,7-10,14-15H,4H2,1-3H3/t5-,7-,8+,9-,10+,12-/m0/s1. The molecule has 1 aliphatic heterocycles. The minimum atomic E-state index is -1.50. The Morgan fingerprint density at radius 2 is 2.00 bits per heavy atom. The molecular formula is C12H18O6. The Morgan fingerprint density at radius 1 is 1.39 bits per heavy atom. The van der Waals surface area contributed by atoms with Gasteiger partial charge in [0.2, 0.25) is 0 Å². The zero-order chi connectivity index (χ0) is 13.7. The predicted molar refractivity (Wildman–Crippen MR) is 59.6 cm³/mol. The lowest BCUT2D eigenvalue weighted by molar-refractivity contribution is -0.181. The number of ether oxygens (including phenoxy) is 2. The van der Waals surface area contributed by atoms with Gasteiger partial charge in [0.15, 0.2) is 5.78 Å². The highest BCUT2D eigenvalue weighted by Gasteiger charge is 2.69. The lowest BCUT2D eigenvalue weighted by atomic mass is 9.61. The lowest BCUT2D eigenvalue weighted by Crippen LogP contribution is -2.61. The Kier molecular flexibility index (Phi) is 3.21. The number of hydrogen-bond acceptors (Lipinski definition) is 6. The molecule has 2 N–H and O–H groups in total. The van der Waals surface area contributed by atoms with E-state index in [0.717, 1.165) is 0 Å². The normalized spacial score (nSPS) is 46.8. The molecule has 1 aliphatic carbocycles. The fourth-order valence-corrected chi connectivity index (χ4v) is 3.34. The number of ketones is 1. The summed E-state index contributed by atoms with van der Waals surface area (Å²) in [5, 5.41) is 20.1. The summed E-state index contributed by atoms with van der Waals surface area (Å²) in [5.41, 5.74) is -1.50. The maximum Gasteiger partial charge on any atom is 0.318 e. The molecule has 0 aromatic heterocycles. The van der Waals surface area contributed by atoms with Crippen molar-refractivity contribution in [3.63, 3.8) is 0 Å². The molecule has 1 saturated heterocycles. The van der Waals surface area contributed by atoms with Gasteiger partial charge in [0.05, 0.1) is 25.4 Å². The number of Topliss-reactive ketones (excluding diaryl/α,β-unsaturated/α-hetero) is 1. The van der Waals surface area contributed by atoms with Crippen molar-refractivity contribution < 1.29 is 29.3 Å². The summed E-state index contributed by atoms with van der Waals surface area (Å²) in [6.07, 6.45) is -3.71. The van der Waals surface area contributed by atoms with E-state index in [2.05, 4.69) is 0 Å². The number of aliphatic hydroxyl groups excluding tert-OH is 2.